The van der Waals surface area contributed by atoms with Crippen molar-refractivity contribution in [3.8, 4) is 10.6 Å². The monoisotopic (exact) mass is 475 g/mol. The molecule has 5 rings (SSSR count). The van der Waals surface area contributed by atoms with Crippen LogP contribution in [-0.4, -0.2) is 65.4 Å². The van der Waals surface area contributed by atoms with Crippen LogP contribution in [0.15, 0.2) is 12.3 Å². The highest BCUT2D eigenvalue weighted by atomic mass is 32.2. The number of nitrogens with one attached hydrogen (secondary N) is 1. The molecule has 2 fully saturated rings. The smallest absolute Gasteiger partial charge is 0.255 e. The molecule has 1 unspecified atom stereocenters. The number of carbonyl (C=O) groups is 1. The summed E-state index contributed by atoms with van der Waals surface area (Å²) in [5, 5.41) is 3.39. The van der Waals surface area contributed by atoms with Crippen molar-refractivity contribution >= 4 is 33.2 Å². The number of piperidine rings is 1. The molecule has 32 heavy (non-hydrogen) atoms. The van der Waals surface area contributed by atoms with Crippen LogP contribution in [0.2, 0.25) is 0 Å². The Labute approximate surface area is 193 Å². The molecule has 0 radical (unpaired) electrons. The number of aryl methyl sites for hydroxylation is 1. The van der Waals surface area contributed by atoms with Gasteiger partial charge < -0.3 is 10.2 Å². The zero-order valence-electron chi connectivity index (χ0n) is 18.7. The molecule has 1 N–H and O–H groups in total. The summed E-state index contributed by atoms with van der Waals surface area (Å²) in [6.07, 6.45) is 7.54. The average Bonchev–Trinajstić information content (AvgIpc) is 3.43. The average molecular weight is 476 g/mol. The molecule has 1 atom stereocenters. The highest BCUT2D eigenvalue weighted by Crippen LogP contribution is 2.53. The standard InChI is InChI=1S/C22H29N5O3S2/c1-4-22-8-5-9-27(22)20(28)16-12-17(31-19(16)22)18-14(2)13-23-21(25-18)24-15-6-10-26(11-7-15)32(3,29)30/h12-13,15H,4-11H2,1-3H3,(H,23,24,25). The molecule has 3 aliphatic heterocycles. The first-order valence-electron chi connectivity index (χ1n) is 11.2. The lowest BCUT2D eigenvalue weighted by molar-refractivity contribution is 0.0656. The third kappa shape index (κ3) is 3.43. The number of rotatable bonds is 5. The summed E-state index contributed by atoms with van der Waals surface area (Å²) in [5.41, 5.74) is 2.54. The predicted molar refractivity (Wildman–Crippen MR) is 125 cm³/mol. The van der Waals surface area contributed by atoms with E-state index in [2.05, 4.69) is 22.1 Å². The third-order valence-electron chi connectivity index (χ3n) is 7.17. The van der Waals surface area contributed by atoms with Gasteiger partial charge in [0.1, 0.15) is 0 Å². The molecular weight excluding hydrogens is 446 g/mol. The second-order valence-corrected chi connectivity index (χ2v) is 12.1. The quantitative estimate of drug-likeness (QED) is 0.714. The highest BCUT2D eigenvalue weighted by molar-refractivity contribution is 7.88. The molecule has 8 nitrogen and oxygen atoms in total. The lowest BCUT2D eigenvalue weighted by Gasteiger charge is -2.31. The molecule has 1 amide bonds. The van der Waals surface area contributed by atoms with Crippen LogP contribution in [0.5, 0.6) is 0 Å². The molecule has 10 heteroatoms. The summed E-state index contributed by atoms with van der Waals surface area (Å²) in [7, 11) is -3.14. The van der Waals surface area contributed by atoms with Gasteiger partial charge in [-0.15, -0.1) is 11.3 Å². The van der Waals surface area contributed by atoms with Crippen LogP contribution in [0, 0.1) is 6.92 Å². The number of fused-ring (bicyclic) bond motifs is 3. The van der Waals surface area contributed by atoms with E-state index >= 15 is 0 Å². The number of anilines is 1. The number of sulfonamides is 1. The fourth-order valence-corrected chi connectivity index (χ4v) is 7.75. The van der Waals surface area contributed by atoms with Gasteiger partial charge in [0.05, 0.1) is 27.9 Å². The normalized spacial score (nSPS) is 24.1. The fraction of sp³-hybridized carbons (Fsp3) is 0.591. The molecule has 0 aliphatic carbocycles. The van der Waals surface area contributed by atoms with E-state index in [1.807, 2.05) is 19.2 Å². The number of hydrogen-bond donors (Lipinski definition) is 1. The summed E-state index contributed by atoms with van der Waals surface area (Å²) < 4.78 is 25.0. The van der Waals surface area contributed by atoms with Gasteiger partial charge in [0.2, 0.25) is 16.0 Å². The van der Waals surface area contributed by atoms with E-state index in [-0.39, 0.29) is 17.5 Å². The summed E-state index contributed by atoms with van der Waals surface area (Å²) in [6, 6.07) is 2.15. The van der Waals surface area contributed by atoms with Crippen LogP contribution in [0.1, 0.15) is 59.8 Å². The Morgan fingerprint density at radius 3 is 2.72 bits per heavy atom. The summed E-state index contributed by atoms with van der Waals surface area (Å²) in [4.78, 5) is 26.6. The Morgan fingerprint density at radius 1 is 1.28 bits per heavy atom. The Balaban J connectivity index is 1.39. The first kappa shape index (κ1) is 21.8. The number of carbonyl (C=O) groups excluding carboxylic acids is 1. The molecule has 5 heterocycles. The fourth-order valence-electron chi connectivity index (χ4n) is 5.37. The number of aromatic nitrogens is 2. The van der Waals surface area contributed by atoms with E-state index < -0.39 is 10.0 Å². The van der Waals surface area contributed by atoms with E-state index in [0.717, 1.165) is 60.3 Å². The topological polar surface area (TPSA) is 95.5 Å². The Hall–Kier alpha value is -2.04. The number of thiophene rings is 1. The zero-order valence-corrected chi connectivity index (χ0v) is 20.4. The maximum absolute atomic E-state index is 13.0. The van der Waals surface area contributed by atoms with Gasteiger partial charge in [-0.05, 0) is 50.7 Å². The molecular formula is C22H29N5O3S2. The van der Waals surface area contributed by atoms with Gasteiger partial charge >= 0.3 is 0 Å². The minimum Gasteiger partial charge on any atom is -0.351 e. The summed E-state index contributed by atoms with van der Waals surface area (Å²) in [6.45, 7) is 6.03. The SMILES string of the molecule is CCC12CCCN1C(=O)c1cc(-c3nc(NC4CCN(S(C)(=O)=O)CC4)ncc3C)sc12. The minimum absolute atomic E-state index is 0.133. The maximum Gasteiger partial charge on any atom is 0.255 e. The lowest BCUT2D eigenvalue weighted by Crippen LogP contribution is -2.42. The van der Waals surface area contributed by atoms with Crippen molar-refractivity contribution in [1.82, 2.24) is 19.2 Å². The highest BCUT2D eigenvalue weighted by Gasteiger charge is 2.52. The molecule has 0 spiro atoms. The molecule has 2 aromatic heterocycles. The predicted octanol–water partition coefficient (Wildman–Crippen LogP) is 3.20. The van der Waals surface area contributed by atoms with Crippen molar-refractivity contribution in [2.24, 2.45) is 0 Å². The first-order chi connectivity index (χ1) is 15.2. The van der Waals surface area contributed by atoms with Crippen LogP contribution < -0.4 is 5.32 Å². The molecule has 0 saturated carbocycles. The second-order valence-electron chi connectivity index (χ2n) is 9.10. The molecule has 172 valence electrons. The first-order valence-corrected chi connectivity index (χ1v) is 13.9. The Kier molecular flexibility index (Phi) is 5.29. The van der Waals surface area contributed by atoms with Crippen LogP contribution in [-0.2, 0) is 15.6 Å². The van der Waals surface area contributed by atoms with Crippen molar-refractivity contribution in [3.05, 3.63) is 28.3 Å². The van der Waals surface area contributed by atoms with Crippen LogP contribution in [0.3, 0.4) is 0 Å². The third-order valence-corrected chi connectivity index (χ3v) is 9.80. The van der Waals surface area contributed by atoms with E-state index in [1.165, 1.54) is 15.4 Å². The maximum atomic E-state index is 13.0. The van der Waals surface area contributed by atoms with Crippen molar-refractivity contribution in [2.45, 2.75) is 57.5 Å². The molecule has 2 saturated heterocycles. The minimum atomic E-state index is -3.14. The largest absolute Gasteiger partial charge is 0.351 e. The van der Waals surface area contributed by atoms with Gasteiger partial charge in [-0.3, -0.25) is 4.79 Å². The molecule has 2 aromatic rings. The van der Waals surface area contributed by atoms with E-state index in [0.29, 0.717) is 19.0 Å². The van der Waals surface area contributed by atoms with Gasteiger partial charge in [0.15, 0.2) is 0 Å². The number of nitrogens with zero attached hydrogens (tertiary/aromatic N) is 4. The number of hydrogen-bond acceptors (Lipinski definition) is 7. The molecule has 3 aliphatic rings. The summed E-state index contributed by atoms with van der Waals surface area (Å²) in [5.74, 6) is 0.709. The Bertz CT molecular complexity index is 1170. The van der Waals surface area contributed by atoms with Crippen molar-refractivity contribution in [2.75, 3.05) is 31.2 Å². The van der Waals surface area contributed by atoms with E-state index in [9.17, 15) is 13.2 Å². The van der Waals surface area contributed by atoms with Crippen LogP contribution in [0.4, 0.5) is 5.95 Å². The Morgan fingerprint density at radius 2 is 2.03 bits per heavy atom. The van der Waals surface area contributed by atoms with Crippen molar-refractivity contribution in [3.63, 3.8) is 0 Å². The second kappa shape index (κ2) is 7.78. The van der Waals surface area contributed by atoms with Crippen molar-refractivity contribution < 1.29 is 13.2 Å². The van der Waals surface area contributed by atoms with Gasteiger partial charge in [0, 0.05) is 36.8 Å². The van der Waals surface area contributed by atoms with E-state index in [4.69, 9.17) is 4.98 Å². The molecule has 0 aromatic carbocycles. The van der Waals surface area contributed by atoms with Gasteiger partial charge in [0.25, 0.3) is 5.91 Å². The van der Waals surface area contributed by atoms with E-state index in [1.54, 1.807) is 11.3 Å². The van der Waals surface area contributed by atoms with Crippen LogP contribution in [0.25, 0.3) is 10.6 Å². The summed E-state index contributed by atoms with van der Waals surface area (Å²) >= 11 is 1.70. The zero-order chi connectivity index (χ0) is 22.7. The van der Waals surface area contributed by atoms with Crippen LogP contribution >= 0.6 is 11.3 Å². The van der Waals surface area contributed by atoms with Gasteiger partial charge in [-0.25, -0.2) is 22.7 Å². The lowest BCUT2D eigenvalue weighted by atomic mass is 9.92. The number of amides is 1. The molecule has 0 bridgehead atoms. The van der Waals surface area contributed by atoms with Gasteiger partial charge in [-0.2, -0.15) is 0 Å². The van der Waals surface area contributed by atoms with Crippen molar-refractivity contribution in [1.29, 1.82) is 0 Å². The van der Waals surface area contributed by atoms with Gasteiger partial charge in [-0.1, -0.05) is 6.92 Å².